The molecule has 2 atom stereocenters. The maximum atomic E-state index is 12.4. The summed E-state index contributed by atoms with van der Waals surface area (Å²) in [5.41, 5.74) is 0.903. The zero-order valence-electron chi connectivity index (χ0n) is 10.3. The number of piperazine rings is 1. The van der Waals surface area contributed by atoms with Gasteiger partial charge in [-0.3, -0.25) is 10.1 Å². The van der Waals surface area contributed by atoms with Gasteiger partial charge in [-0.15, -0.1) is 0 Å². The average Bonchev–Trinajstić information content (AvgIpc) is 2.35. The molecule has 104 valence electrons. The first-order chi connectivity index (χ1) is 9.06. The Hall–Kier alpha value is -1.53. The summed E-state index contributed by atoms with van der Waals surface area (Å²) in [4.78, 5) is 13.4. The molecule has 0 saturated carbocycles. The number of carbonyl (C=O) groups excluding carboxylic acids is 1. The highest BCUT2D eigenvalue weighted by Crippen LogP contribution is 2.15. The van der Waals surface area contributed by atoms with E-state index in [1.807, 2.05) is 30.3 Å². The van der Waals surface area contributed by atoms with Crippen LogP contribution >= 0.6 is 0 Å². The molecule has 2 rings (SSSR count). The predicted molar refractivity (Wildman–Crippen MR) is 65.4 cm³/mol. The number of aliphatic hydroxyl groups is 1. The number of aliphatic hydroxyl groups excluding tert-OH is 1. The van der Waals surface area contributed by atoms with E-state index in [0.29, 0.717) is 6.54 Å². The van der Waals surface area contributed by atoms with Crippen LogP contribution in [0.3, 0.4) is 0 Å². The van der Waals surface area contributed by atoms with E-state index in [2.05, 4.69) is 5.32 Å². The Labute approximate surface area is 110 Å². The molecule has 1 aliphatic heterocycles. The average molecular weight is 270 g/mol. The fourth-order valence-corrected chi connectivity index (χ4v) is 2.17. The molecule has 0 aliphatic carbocycles. The predicted octanol–water partition coefficient (Wildman–Crippen LogP) is 0.961. The fraction of sp³-hybridized carbons (Fsp3) is 0.462. The molecule has 0 spiro atoms. The van der Waals surface area contributed by atoms with Crippen molar-refractivity contribution < 1.29 is 18.7 Å². The van der Waals surface area contributed by atoms with Crippen LogP contribution in [0.2, 0.25) is 0 Å². The number of β-amino-alcohol motifs (C(OH)–C–C–N with tert-alkyl or cyclic N) is 1. The highest BCUT2D eigenvalue weighted by molar-refractivity contribution is 5.82. The summed E-state index contributed by atoms with van der Waals surface area (Å²) in [6.07, 6.45) is -4.13. The molecule has 6 heteroatoms. The zero-order chi connectivity index (χ0) is 13.8. The highest BCUT2D eigenvalue weighted by Gasteiger charge is 2.34. The molecule has 0 bridgehead atoms. The number of hydrogen-bond acceptors (Lipinski definition) is 3. The number of alkyl halides is 2. The Morgan fingerprint density at radius 3 is 2.68 bits per heavy atom. The van der Waals surface area contributed by atoms with Crippen molar-refractivity contribution in [2.75, 3.05) is 6.54 Å². The zero-order valence-corrected chi connectivity index (χ0v) is 10.3. The third kappa shape index (κ3) is 3.71. The van der Waals surface area contributed by atoms with E-state index in [1.54, 1.807) is 0 Å². The standard InChI is InChI=1S/C13H16F2N2O2/c14-11(15)6-10-13(19)17(8-12(18)16-10)7-9-4-2-1-3-5-9/h1-5,10-12,16,18H,6-8H2. The van der Waals surface area contributed by atoms with Crippen LogP contribution in [0, 0.1) is 0 Å². The van der Waals surface area contributed by atoms with Gasteiger partial charge in [0.25, 0.3) is 0 Å². The number of rotatable bonds is 4. The van der Waals surface area contributed by atoms with Crippen molar-refractivity contribution >= 4 is 5.91 Å². The molecular formula is C13H16F2N2O2. The maximum absolute atomic E-state index is 12.4. The molecule has 1 aromatic carbocycles. The van der Waals surface area contributed by atoms with Crippen LogP contribution in [0.5, 0.6) is 0 Å². The third-order valence-corrected chi connectivity index (χ3v) is 3.03. The summed E-state index contributed by atoms with van der Waals surface area (Å²) >= 11 is 0. The number of hydrogen-bond donors (Lipinski definition) is 2. The first-order valence-electron chi connectivity index (χ1n) is 6.11. The number of amides is 1. The van der Waals surface area contributed by atoms with Crippen LogP contribution in [0.15, 0.2) is 30.3 Å². The Bertz CT molecular complexity index is 426. The van der Waals surface area contributed by atoms with E-state index in [-0.39, 0.29) is 6.54 Å². The highest BCUT2D eigenvalue weighted by atomic mass is 19.3. The van der Waals surface area contributed by atoms with Gasteiger partial charge in [-0.25, -0.2) is 8.78 Å². The van der Waals surface area contributed by atoms with E-state index in [0.717, 1.165) is 5.56 Å². The van der Waals surface area contributed by atoms with Gasteiger partial charge in [0, 0.05) is 13.0 Å². The fourth-order valence-electron chi connectivity index (χ4n) is 2.17. The molecule has 4 nitrogen and oxygen atoms in total. The summed E-state index contributed by atoms with van der Waals surface area (Å²) in [5, 5.41) is 12.1. The van der Waals surface area contributed by atoms with Gasteiger partial charge in [0.2, 0.25) is 12.3 Å². The van der Waals surface area contributed by atoms with E-state index in [4.69, 9.17) is 0 Å². The lowest BCUT2D eigenvalue weighted by molar-refractivity contribution is -0.143. The summed E-state index contributed by atoms with van der Waals surface area (Å²) < 4.78 is 24.8. The molecule has 1 amide bonds. The smallest absolute Gasteiger partial charge is 0.240 e. The van der Waals surface area contributed by atoms with Crippen molar-refractivity contribution in [1.29, 1.82) is 0 Å². The molecule has 19 heavy (non-hydrogen) atoms. The Morgan fingerprint density at radius 1 is 1.37 bits per heavy atom. The first kappa shape index (κ1) is 13.9. The van der Waals surface area contributed by atoms with Crippen LogP contribution in [0.25, 0.3) is 0 Å². The Morgan fingerprint density at radius 2 is 2.05 bits per heavy atom. The second-order valence-electron chi connectivity index (χ2n) is 4.57. The molecule has 1 fully saturated rings. The molecule has 1 heterocycles. The second kappa shape index (κ2) is 6.08. The minimum absolute atomic E-state index is 0.105. The molecule has 0 radical (unpaired) electrons. The summed E-state index contributed by atoms with van der Waals surface area (Å²) in [6.45, 7) is 0.422. The topological polar surface area (TPSA) is 52.6 Å². The molecule has 1 aliphatic rings. The van der Waals surface area contributed by atoms with Gasteiger partial charge in [0.1, 0.15) is 6.23 Å². The van der Waals surface area contributed by atoms with Crippen molar-refractivity contribution in [2.45, 2.75) is 31.7 Å². The SMILES string of the molecule is O=C1C(CC(F)F)NC(O)CN1Cc1ccccc1. The summed E-state index contributed by atoms with van der Waals surface area (Å²) in [5.74, 6) is -0.394. The van der Waals surface area contributed by atoms with Crippen molar-refractivity contribution in [1.82, 2.24) is 10.2 Å². The Balaban J connectivity index is 2.05. The van der Waals surface area contributed by atoms with E-state index >= 15 is 0 Å². The lowest BCUT2D eigenvalue weighted by Crippen LogP contribution is -2.60. The molecule has 1 saturated heterocycles. The van der Waals surface area contributed by atoms with Gasteiger partial charge >= 0.3 is 0 Å². The molecule has 1 aromatic rings. The van der Waals surface area contributed by atoms with Crippen LogP contribution in [0.4, 0.5) is 8.78 Å². The largest absolute Gasteiger partial charge is 0.377 e. The van der Waals surface area contributed by atoms with Crippen molar-refractivity contribution in [3.8, 4) is 0 Å². The number of halogens is 2. The maximum Gasteiger partial charge on any atom is 0.240 e. The molecule has 0 aromatic heterocycles. The molecule has 2 unspecified atom stereocenters. The minimum atomic E-state index is -2.58. The van der Waals surface area contributed by atoms with E-state index in [9.17, 15) is 18.7 Å². The lowest BCUT2D eigenvalue weighted by atomic mass is 10.1. The van der Waals surface area contributed by atoms with Crippen LogP contribution < -0.4 is 5.32 Å². The second-order valence-corrected chi connectivity index (χ2v) is 4.57. The molecule has 2 N–H and O–H groups in total. The summed E-state index contributed by atoms with van der Waals surface area (Å²) in [7, 11) is 0. The minimum Gasteiger partial charge on any atom is -0.377 e. The Kier molecular flexibility index (Phi) is 4.44. The van der Waals surface area contributed by atoms with Gasteiger partial charge in [-0.2, -0.15) is 0 Å². The van der Waals surface area contributed by atoms with Gasteiger partial charge in [-0.1, -0.05) is 30.3 Å². The van der Waals surface area contributed by atoms with E-state index in [1.165, 1.54) is 4.90 Å². The number of nitrogens with zero attached hydrogens (tertiary/aromatic N) is 1. The van der Waals surface area contributed by atoms with Crippen LogP contribution in [0.1, 0.15) is 12.0 Å². The lowest BCUT2D eigenvalue weighted by Gasteiger charge is -2.36. The van der Waals surface area contributed by atoms with Crippen molar-refractivity contribution in [3.63, 3.8) is 0 Å². The van der Waals surface area contributed by atoms with Gasteiger partial charge in [0.15, 0.2) is 0 Å². The summed E-state index contributed by atoms with van der Waals surface area (Å²) in [6, 6.07) is 8.22. The van der Waals surface area contributed by atoms with Gasteiger partial charge in [-0.05, 0) is 5.56 Å². The first-order valence-corrected chi connectivity index (χ1v) is 6.11. The van der Waals surface area contributed by atoms with Gasteiger partial charge < -0.3 is 10.0 Å². The van der Waals surface area contributed by atoms with Crippen molar-refractivity contribution in [2.24, 2.45) is 0 Å². The molecular weight excluding hydrogens is 254 g/mol. The van der Waals surface area contributed by atoms with Crippen LogP contribution in [-0.2, 0) is 11.3 Å². The quantitative estimate of drug-likeness (QED) is 0.857. The van der Waals surface area contributed by atoms with Crippen molar-refractivity contribution in [3.05, 3.63) is 35.9 Å². The number of benzene rings is 1. The third-order valence-electron chi connectivity index (χ3n) is 3.03. The normalized spacial score (nSPS) is 24.0. The number of nitrogens with one attached hydrogen (secondary N) is 1. The monoisotopic (exact) mass is 270 g/mol. The van der Waals surface area contributed by atoms with Gasteiger partial charge in [0.05, 0.1) is 12.6 Å². The number of carbonyl (C=O) groups is 1. The van der Waals surface area contributed by atoms with Crippen LogP contribution in [-0.4, -0.2) is 41.2 Å². The van der Waals surface area contributed by atoms with E-state index < -0.39 is 31.0 Å².